The summed E-state index contributed by atoms with van der Waals surface area (Å²) in [5, 5.41) is 12.4. The van der Waals surface area contributed by atoms with Crippen LogP contribution in [0.25, 0.3) is 0 Å². The molecule has 1 aliphatic carbocycles. The quantitative estimate of drug-likeness (QED) is 0.463. The monoisotopic (exact) mass is 493 g/mol. The molecule has 3 heterocycles. The van der Waals surface area contributed by atoms with Crippen LogP contribution in [0.4, 0.5) is 13.2 Å². The van der Waals surface area contributed by atoms with E-state index in [9.17, 15) is 18.0 Å². The van der Waals surface area contributed by atoms with E-state index in [4.69, 9.17) is 0 Å². The van der Waals surface area contributed by atoms with Crippen LogP contribution in [-0.4, -0.2) is 57.5 Å². The minimum Gasteiger partial charge on any atom is -0.356 e. The highest BCUT2D eigenvalue weighted by atomic mass is 32.2. The molecule has 3 atom stereocenters. The maximum absolute atomic E-state index is 13.4. The minimum absolute atomic E-state index is 0.0132. The molecule has 5 rings (SSSR count). The Balaban J connectivity index is 1.10. The molecule has 2 aromatic rings. The standard InChI is InChI=1S/C24H30F3N5OS/c1-31-21(16-7-9-28-20(33)13-16)29-30-22(31)34-12-4-10-32-11-8-23(15-32)14-19(23)17-5-2-3-6-18(17)24(25,26)27/h2-3,5-6,16,19H,4,7-15H2,1H3,(H,28,33)/t16?,19?,23-/m0/s1. The van der Waals surface area contributed by atoms with Gasteiger partial charge in [-0.05, 0) is 61.7 Å². The molecule has 1 amide bonds. The van der Waals surface area contributed by atoms with Gasteiger partial charge in [0, 0.05) is 38.2 Å². The molecular weight excluding hydrogens is 463 g/mol. The predicted octanol–water partition coefficient (Wildman–Crippen LogP) is 4.19. The fourth-order valence-electron chi connectivity index (χ4n) is 5.74. The second kappa shape index (κ2) is 9.18. The molecule has 1 saturated carbocycles. The summed E-state index contributed by atoms with van der Waals surface area (Å²) in [5.74, 6) is 1.98. The topological polar surface area (TPSA) is 63.1 Å². The summed E-state index contributed by atoms with van der Waals surface area (Å²) in [6.07, 6.45) is -0.141. The number of nitrogens with zero attached hydrogens (tertiary/aromatic N) is 4. The lowest BCUT2D eigenvalue weighted by molar-refractivity contribution is -0.138. The Morgan fingerprint density at radius 3 is 2.88 bits per heavy atom. The third kappa shape index (κ3) is 4.71. The molecular formula is C24H30F3N5OS. The summed E-state index contributed by atoms with van der Waals surface area (Å²) in [6.45, 7) is 3.45. The van der Waals surface area contributed by atoms with Crippen LogP contribution in [0.2, 0.25) is 0 Å². The number of amides is 1. The number of thioether (sulfide) groups is 1. The Morgan fingerprint density at radius 2 is 2.09 bits per heavy atom. The molecule has 2 saturated heterocycles. The van der Waals surface area contributed by atoms with Gasteiger partial charge in [-0.15, -0.1) is 10.2 Å². The van der Waals surface area contributed by atoms with Crippen molar-refractivity contribution in [3.05, 3.63) is 41.2 Å². The first-order chi connectivity index (χ1) is 16.3. The zero-order valence-electron chi connectivity index (χ0n) is 19.3. The van der Waals surface area contributed by atoms with Gasteiger partial charge in [-0.3, -0.25) is 4.79 Å². The highest BCUT2D eigenvalue weighted by molar-refractivity contribution is 7.99. The molecule has 3 aliphatic rings. The first-order valence-corrected chi connectivity index (χ1v) is 12.9. The van der Waals surface area contributed by atoms with Crippen LogP contribution >= 0.6 is 11.8 Å². The molecule has 2 aliphatic heterocycles. The lowest BCUT2D eigenvalue weighted by Gasteiger charge is -2.21. The highest BCUT2D eigenvalue weighted by Crippen LogP contribution is 2.65. The molecule has 184 valence electrons. The van der Waals surface area contributed by atoms with Crippen LogP contribution in [0.15, 0.2) is 29.4 Å². The molecule has 10 heteroatoms. The summed E-state index contributed by atoms with van der Waals surface area (Å²) in [4.78, 5) is 14.1. The van der Waals surface area contributed by atoms with Gasteiger partial charge in [0.1, 0.15) is 5.82 Å². The normalized spacial score (nSPS) is 27.4. The summed E-state index contributed by atoms with van der Waals surface area (Å²) >= 11 is 1.67. The molecule has 34 heavy (non-hydrogen) atoms. The SMILES string of the molecule is Cn1c(SCCCN2CC[C@]3(CC3c3ccccc3C(F)(F)F)C2)nnc1C1CCNC(=O)C1. The van der Waals surface area contributed by atoms with Crippen LogP contribution in [0.3, 0.4) is 0 Å². The van der Waals surface area contributed by atoms with Gasteiger partial charge in [-0.25, -0.2) is 0 Å². The van der Waals surface area contributed by atoms with Crippen molar-refractivity contribution in [3.63, 3.8) is 0 Å². The van der Waals surface area contributed by atoms with E-state index in [0.29, 0.717) is 18.5 Å². The van der Waals surface area contributed by atoms with Gasteiger partial charge in [0.15, 0.2) is 5.16 Å². The Bertz CT molecular complexity index is 1060. The number of alkyl halides is 3. The van der Waals surface area contributed by atoms with Crippen molar-refractivity contribution in [1.29, 1.82) is 0 Å². The summed E-state index contributed by atoms with van der Waals surface area (Å²) in [7, 11) is 1.96. The average molecular weight is 494 g/mol. The largest absolute Gasteiger partial charge is 0.416 e. The van der Waals surface area contributed by atoms with Crippen LogP contribution in [-0.2, 0) is 18.0 Å². The number of benzene rings is 1. The van der Waals surface area contributed by atoms with Crippen molar-refractivity contribution >= 4 is 17.7 Å². The van der Waals surface area contributed by atoms with E-state index in [1.165, 1.54) is 12.1 Å². The van der Waals surface area contributed by atoms with Crippen LogP contribution < -0.4 is 5.32 Å². The van der Waals surface area contributed by atoms with Gasteiger partial charge in [-0.2, -0.15) is 13.2 Å². The molecule has 2 unspecified atom stereocenters. The van der Waals surface area contributed by atoms with Crippen LogP contribution in [0.1, 0.15) is 60.9 Å². The summed E-state index contributed by atoms with van der Waals surface area (Å²) in [6, 6.07) is 6.08. The molecule has 6 nitrogen and oxygen atoms in total. The third-order valence-corrected chi connectivity index (χ3v) is 8.73. The number of halogens is 3. The lowest BCUT2D eigenvalue weighted by atomic mass is 9.95. The van der Waals surface area contributed by atoms with Crippen molar-refractivity contribution in [1.82, 2.24) is 25.0 Å². The predicted molar refractivity (Wildman–Crippen MR) is 124 cm³/mol. The van der Waals surface area contributed by atoms with Gasteiger partial charge >= 0.3 is 6.18 Å². The van der Waals surface area contributed by atoms with E-state index in [0.717, 1.165) is 62.1 Å². The number of piperidine rings is 1. The van der Waals surface area contributed by atoms with Crippen molar-refractivity contribution in [3.8, 4) is 0 Å². The van der Waals surface area contributed by atoms with Gasteiger partial charge in [-0.1, -0.05) is 30.0 Å². The van der Waals surface area contributed by atoms with Crippen molar-refractivity contribution in [2.24, 2.45) is 12.5 Å². The summed E-state index contributed by atoms with van der Waals surface area (Å²) < 4.78 is 42.3. The van der Waals surface area contributed by atoms with Gasteiger partial charge in [0.05, 0.1) is 5.56 Å². The van der Waals surface area contributed by atoms with Crippen molar-refractivity contribution in [2.75, 3.05) is 31.9 Å². The van der Waals surface area contributed by atoms with Gasteiger partial charge in [0.2, 0.25) is 5.91 Å². The number of likely N-dealkylation sites (tertiary alicyclic amines) is 1. The van der Waals surface area contributed by atoms with Crippen LogP contribution in [0.5, 0.6) is 0 Å². The molecule has 1 spiro atoms. The minimum atomic E-state index is -4.29. The highest BCUT2D eigenvalue weighted by Gasteiger charge is 2.59. The number of carbonyl (C=O) groups excluding carboxylic acids is 1. The van der Waals surface area contributed by atoms with E-state index in [1.807, 2.05) is 11.6 Å². The molecule has 0 bridgehead atoms. The fourth-order valence-corrected chi connectivity index (χ4v) is 6.58. The van der Waals surface area contributed by atoms with Crippen LogP contribution in [0, 0.1) is 5.41 Å². The number of aromatic nitrogens is 3. The Labute approximate surface area is 201 Å². The van der Waals surface area contributed by atoms with Gasteiger partial charge < -0.3 is 14.8 Å². The van der Waals surface area contributed by atoms with E-state index < -0.39 is 11.7 Å². The Kier molecular flexibility index (Phi) is 6.39. The molecule has 0 radical (unpaired) electrons. The van der Waals surface area contributed by atoms with E-state index in [1.54, 1.807) is 23.9 Å². The zero-order valence-corrected chi connectivity index (χ0v) is 20.1. The molecule has 1 aromatic carbocycles. The molecule has 1 aromatic heterocycles. The fraction of sp³-hybridized carbons (Fsp3) is 0.625. The lowest BCUT2D eigenvalue weighted by Crippen LogP contribution is -2.33. The van der Waals surface area contributed by atoms with Crippen molar-refractivity contribution < 1.29 is 18.0 Å². The first-order valence-electron chi connectivity index (χ1n) is 11.9. The maximum atomic E-state index is 13.4. The first kappa shape index (κ1) is 23.7. The number of nitrogens with one attached hydrogen (secondary N) is 1. The molecule has 3 fully saturated rings. The van der Waals surface area contributed by atoms with Gasteiger partial charge in [0.25, 0.3) is 0 Å². The zero-order chi connectivity index (χ0) is 23.9. The molecule has 1 N–H and O–H groups in total. The Morgan fingerprint density at radius 1 is 1.26 bits per heavy atom. The number of hydrogen-bond acceptors (Lipinski definition) is 5. The van der Waals surface area contributed by atoms with Crippen molar-refractivity contribution in [2.45, 2.75) is 55.3 Å². The van der Waals surface area contributed by atoms with E-state index >= 15 is 0 Å². The third-order valence-electron chi connectivity index (χ3n) is 7.63. The Hall–Kier alpha value is -2.07. The second-order valence-electron chi connectivity index (χ2n) is 9.87. The number of rotatable bonds is 7. The number of carbonyl (C=O) groups is 1. The smallest absolute Gasteiger partial charge is 0.356 e. The van der Waals surface area contributed by atoms with E-state index in [-0.39, 0.29) is 23.2 Å². The second-order valence-corrected chi connectivity index (χ2v) is 10.9. The number of hydrogen-bond donors (Lipinski definition) is 1. The van der Waals surface area contributed by atoms with E-state index in [2.05, 4.69) is 20.4 Å². The average Bonchev–Trinajstić information content (AvgIpc) is 3.14. The summed E-state index contributed by atoms with van der Waals surface area (Å²) in [5.41, 5.74) is 0.0174. The maximum Gasteiger partial charge on any atom is 0.416 e.